The zero-order valence-corrected chi connectivity index (χ0v) is 10.6. The summed E-state index contributed by atoms with van der Waals surface area (Å²) in [7, 11) is 0. The molecule has 0 unspecified atom stereocenters. The maximum Gasteiger partial charge on any atom is 0.231 e. The average molecular weight is 257 g/mol. The van der Waals surface area contributed by atoms with E-state index in [1.54, 1.807) is 13.0 Å². The smallest absolute Gasteiger partial charge is 0.231 e. The lowest BCUT2D eigenvalue weighted by Gasteiger charge is -2.22. The Labute approximate surface area is 111 Å². The van der Waals surface area contributed by atoms with E-state index in [9.17, 15) is 15.0 Å². The van der Waals surface area contributed by atoms with E-state index in [1.807, 2.05) is 30.3 Å². The predicted octanol–water partition coefficient (Wildman–Crippen LogP) is 3.17. The maximum atomic E-state index is 12.1. The first-order valence-corrected chi connectivity index (χ1v) is 6.03. The fraction of sp³-hybridized carbons (Fsp3) is 0.133. The molecule has 1 amide bonds. The Kier molecular flexibility index (Phi) is 3.71. The molecule has 0 atom stereocenters. The molecule has 98 valence electrons. The third kappa shape index (κ3) is 2.68. The number of carbonyl (C=O) groups is 1. The van der Waals surface area contributed by atoms with Crippen molar-refractivity contribution in [1.82, 2.24) is 0 Å². The van der Waals surface area contributed by atoms with Crippen LogP contribution in [0.15, 0.2) is 48.5 Å². The standard InChI is InChI=1S/C15H15NO3/c1-2-15(19)16(11-6-4-3-5-7-11)12-8-9-13(17)14(18)10-12/h3-10,17-18H,2H2,1H3. The highest BCUT2D eigenvalue weighted by Gasteiger charge is 2.17. The molecule has 0 aromatic heterocycles. The van der Waals surface area contributed by atoms with Gasteiger partial charge in [-0.15, -0.1) is 0 Å². The molecule has 4 nitrogen and oxygen atoms in total. The normalized spacial score (nSPS) is 10.2. The van der Waals surface area contributed by atoms with Crippen molar-refractivity contribution in [1.29, 1.82) is 0 Å². The lowest BCUT2D eigenvalue weighted by molar-refractivity contribution is -0.117. The molecule has 2 N–H and O–H groups in total. The van der Waals surface area contributed by atoms with E-state index in [0.29, 0.717) is 12.1 Å². The van der Waals surface area contributed by atoms with Gasteiger partial charge in [0.1, 0.15) is 0 Å². The molecule has 2 rings (SSSR count). The Morgan fingerprint density at radius 1 is 1.00 bits per heavy atom. The average Bonchev–Trinajstić information content (AvgIpc) is 2.44. The number of benzene rings is 2. The lowest BCUT2D eigenvalue weighted by Crippen LogP contribution is -2.24. The van der Waals surface area contributed by atoms with Crippen molar-refractivity contribution in [2.75, 3.05) is 4.90 Å². The predicted molar refractivity (Wildman–Crippen MR) is 73.7 cm³/mol. The van der Waals surface area contributed by atoms with Gasteiger partial charge in [0.25, 0.3) is 0 Å². The molecule has 0 saturated carbocycles. The number of aromatic hydroxyl groups is 2. The summed E-state index contributed by atoms with van der Waals surface area (Å²) in [6, 6.07) is 13.5. The monoisotopic (exact) mass is 257 g/mol. The number of hydrogen-bond acceptors (Lipinski definition) is 3. The summed E-state index contributed by atoms with van der Waals surface area (Å²) >= 11 is 0. The topological polar surface area (TPSA) is 60.8 Å². The first-order chi connectivity index (χ1) is 9.13. The summed E-state index contributed by atoms with van der Waals surface area (Å²) in [5.74, 6) is -0.542. The third-order valence-corrected chi connectivity index (χ3v) is 2.78. The zero-order valence-electron chi connectivity index (χ0n) is 10.6. The SMILES string of the molecule is CCC(=O)N(c1ccccc1)c1ccc(O)c(O)c1. The van der Waals surface area contributed by atoms with Crippen molar-refractivity contribution < 1.29 is 15.0 Å². The van der Waals surface area contributed by atoms with Crippen LogP contribution in [-0.4, -0.2) is 16.1 Å². The summed E-state index contributed by atoms with van der Waals surface area (Å²) < 4.78 is 0. The summed E-state index contributed by atoms with van der Waals surface area (Å²) in [6.45, 7) is 1.78. The number of rotatable bonds is 3. The fourth-order valence-corrected chi connectivity index (χ4v) is 1.82. The second-order valence-electron chi connectivity index (χ2n) is 4.09. The van der Waals surface area contributed by atoms with Crippen molar-refractivity contribution in [2.24, 2.45) is 0 Å². The van der Waals surface area contributed by atoms with Crippen molar-refractivity contribution in [3.8, 4) is 11.5 Å². The van der Waals surface area contributed by atoms with E-state index in [0.717, 1.165) is 5.69 Å². The molecular weight excluding hydrogens is 242 g/mol. The Hall–Kier alpha value is -2.49. The lowest BCUT2D eigenvalue weighted by atomic mass is 10.2. The molecular formula is C15H15NO3. The summed E-state index contributed by atoms with van der Waals surface area (Å²) in [4.78, 5) is 13.6. The number of carbonyl (C=O) groups excluding carboxylic acids is 1. The van der Waals surface area contributed by atoms with Crippen LogP contribution in [0.5, 0.6) is 11.5 Å². The van der Waals surface area contributed by atoms with Gasteiger partial charge in [-0.05, 0) is 24.3 Å². The van der Waals surface area contributed by atoms with Crippen LogP contribution in [0.25, 0.3) is 0 Å². The van der Waals surface area contributed by atoms with Crippen LogP contribution in [0, 0.1) is 0 Å². The van der Waals surface area contributed by atoms with E-state index in [2.05, 4.69) is 0 Å². The highest BCUT2D eigenvalue weighted by Crippen LogP contribution is 2.33. The molecule has 0 heterocycles. The summed E-state index contributed by atoms with van der Waals surface area (Å²) in [5, 5.41) is 18.9. The molecule has 0 fully saturated rings. The van der Waals surface area contributed by atoms with Gasteiger partial charge >= 0.3 is 0 Å². The van der Waals surface area contributed by atoms with Crippen molar-refractivity contribution >= 4 is 17.3 Å². The zero-order chi connectivity index (χ0) is 13.8. The molecule has 2 aromatic carbocycles. The van der Waals surface area contributed by atoms with Gasteiger partial charge in [-0.3, -0.25) is 9.69 Å². The van der Waals surface area contributed by atoms with Gasteiger partial charge < -0.3 is 10.2 Å². The van der Waals surface area contributed by atoms with Crippen LogP contribution in [0.1, 0.15) is 13.3 Å². The van der Waals surface area contributed by atoms with Gasteiger partial charge in [0.2, 0.25) is 5.91 Å². The van der Waals surface area contributed by atoms with Crippen molar-refractivity contribution in [3.05, 3.63) is 48.5 Å². The fourth-order valence-electron chi connectivity index (χ4n) is 1.82. The van der Waals surface area contributed by atoms with Gasteiger partial charge in [-0.25, -0.2) is 0 Å². The van der Waals surface area contributed by atoms with Gasteiger partial charge in [0.05, 0.1) is 5.69 Å². The quantitative estimate of drug-likeness (QED) is 0.830. The molecule has 19 heavy (non-hydrogen) atoms. The first-order valence-electron chi connectivity index (χ1n) is 6.03. The van der Waals surface area contributed by atoms with Crippen molar-refractivity contribution in [3.63, 3.8) is 0 Å². The van der Waals surface area contributed by atoms with E-state index in [-0.39, 0.29) is 17.4 Å². The Bertz CT molecular complexity index is 581. The molecule has 2 aromatic rings. The minimum atomic E-state index is -0.248. The maximum absolute atomic E-state index is 12.1. The Morgan fingerprint density at radius 2 is 1.68 bits per heavy atom. The highest BCUT2D eigenvalue weighted by atomic mass is 16.3. The van der Waals surface area contributed by atoms with Gasteiger partial charge in [0, 0.05) is 18.2 Å². The number of nitrogens with zero attached hydrogens (tertiary/aromatic N) is 1. The minimum Gasteiger partial charge on any atom is -0.504 e. The minimum absolute atomic E-state index is 0.0868. The van der Waals surface area contributed by atoms with Gasteiger partial charge in [-0.1, -0.05) is 25.1 Å². The number of para-hydroxylation sites is 1. The van der Waals surface area contributed by atoms with Crippen molar-refractivity contribution in [2.45, 2.75) is 13.3 Å². The molecule has 4 heteroatoms. The van der Waals surface area contributed by atoms with Crippen LogP contribution in [0.3, 0.4) is 0 Å². The summed E-state index contributed by atoms with van der Waals surface area (Å²) in [5.41, 5.74) is 1.24. The summed E-state index contributed by atoms with van der Waals surface area (Å²) in [6.07, 6.45) is 0.344. The van der Waals surface area contributed by atoms with E-state index in [4.69, 9.17) is 0 Å². The van der Waals surface area contributed by atoms with Crippen LogP contribution >= 0.6 is 0 Å². The van der Waals surface area contributed by atoms with Crippen LogP contribution in [-0.2, 0) is 4.79 Å². The number of amides is 1. The second-order valence-corrected chi connectivity index (χ2v) is 4.09. The van der Waals surface area contributed by atoms with E-state index in [1.165, 1.54) is 17.0 Å². The number of anilines is 2. The third-order valence-electron chi connectivity index (χ3n) is 2.78. The molecule has 0 aliphatic heterocycles. The molecule has 0 spiro atoms. The number of phenolic OH excluding ortho intramolecular Hbond substituents is 2. The van der Waals surface area contributed by atoms with Crippen LogP contribution < -0.4 is 4.90 Å². The van der Waals surface area contributed by atoms with Gasteiger partial charge in [0.15, 0.2) is 11.5 Å². The first kappa shape index (κ1) is 13.0. The second kappa shape index (κ2) is 5.44. The van der Waals surface area contributed by atoms with E-state index >= 15 is 0 Å². The van der Waals surface area contributed by atoms with Crippen LogP contribution in [0.2, 0.25) is 0 Å². The molecule has 0 saturated heterocycles. The highest BCUT2D eigenvalue weighted by molar-refractivity contribution is 6.00. The number of hydrogen-bond donors (Lipinski definition) is 2. The van der Waals surface area contributed by atoms with E-state index < -0.39 is 0 Å². The van der Waals surface area contributed by atoms with Crippen LogP contribution in [0.4, 0.5) is 11.4 Å². The Morgan fingerprint density at radius 3 is 2.26 bits per heavy atom. The molecule has 0 aliphatic rings. The molecule has 0 radical (unpaired) electrons. The molecule has 0 bridgehead atoms. The Balaban J connectivity index is 2.49. The largest absolute Gasteiger partial charge is 0.504 e. The number of phenols is 2. The molecule has 0 aliphatic carbocycles. The van der Waals surface area contributed by atoms with Gasteiger partial charge in [-0.2, -0.15) is 0 Å².